The summed E-state index contributed by atoms with van der Waals surface area (Å²) in [7, 11) is 0. The molecule has 54 valence electrons. The third-order valence-electron chi connectivity index (χ3n) is 1.58. The summed E-state index contributed by atoms with van der Waals surface area (Å²) in [6.07, 6.45) is 5.31. The molecule has 2 nitrogen and oxygen atoms in total. The lowest BCUT2D eigenvalue weighted by atomic mass is 10.4. The lowest BCUT2D eigenvalue weighted by molar-refractivity contribution is 0.857. The molecule has 0 aromatic rings. The van der Waals surface area contributed by atoms with Crippen LogP contribution in [0.25, 0.3) is 0 Å². The van der Waals surface area contributed by atoms with Gasteiger partial charge in [-0.1, -0.05) is 0 Å². The molecule has 1 aliphatic carbocycles. The van der Waals surface area contributed by atoms with Crippen LogP contribution in [0.4, 0.5) is 0 Å². The normalized spacial score (nSPS) is 25.0. The molecule has 0 atom stereocenters. The molecular formula is C7H16N2. The summed E-state index contributed by atoms with van der Waals surface area (Å²) in [5.74, 6) is 0. The standard InChI is InChI=1S/C4H9N.C3H7N/c1-2-4-5-3-1;4-3-1-2-3/h5H,1-4H2;3H,1-2,4H2. The van der Waals surface area contributed by atoms with Crippen molar-refractivity contribution < 1.29 is 0 Å². The van der Waals surface area contributed by atoms with Crippen molar-refractivity contribution in [3.63, 3.8) is 0 Å². The molecule has 1 heterocycles. The Morgan fingerprint density at radius 1 is 1.11 bits per heavy atom. The Bertz CT molecular complexity index is 57.7. The minimum atomic E-state index is 0.583. The van der Waals surface area contributed by atoms with Gasteiger partial charge < -0.3 is 11.1 Å². The van der Waals surface area contributed by atoms with Crippen LogP contribution >= 0.6 is 0 Å². The van der Waals surface area contributed by atoms with Crippen molar-refractivity contribution in [2.75, 3.05) is 13.1 Å². The first-order valence-corrected chi connectivity index (χ1v) is 3.86. The Kier molecular flexibility index (Phi) is 3.01. The van der Waals surface area contributed by atoms with Crippen LogP contribution in [-0.2, 0) is 0 Å². The van der Waals surface area contributed by atoms with Gasteiger partial charge in [-0.3, -0.25) is 0 Å². The summed E-state index contributed by atoms with van der Waals surface area (Å²) >= 11 is 0. The summed E-state index contributed by atoms with van der Waals surface area (Å²) < 4.78 is 0. The molecule has 0 aromatic heterocycles. The third kappa shape index (κ3) is 4.43. The van der Waals surface area contributed by atoms with Crippen LogP contribution in [0.2, 0.25) is 0 Å². The van der Waals surface area contributed by atoms with Crippen LogP contribution in [0, 0.1) is 0 Å². The molecule has 2 rings (SSSR count). The van der Waals surface area contributed by atoms with Gasteiger partial charge >= 0.3 is 0 Å². The highest BCUT2D eigenvalue weighted by Crippen LogP contribution is 2.13. The second-order valence-corrected chi connectivity index (χ2v) is 2.79. The predicted octanol–water partition coefficient (Wildman–Crippen LogP) is 0.477. The van der Waals surface area contributed by atoms with Gasteiger partial charge in [0, 0.05) is 6.04 Å². The van der Waals surface area contributed by atoms with Crippen molar-refractivity contribution in [3.8, 4) is 0 Å². The predicted molar refractivity (Wildman–Crippen MR) is 39.3 cm³/mol. The molecule has 2 fully saturated rings. The molecule has 2 aliphatic rings. The van der Waals surface area contributed by atoms with Gasteiger partial charge in [-0.05, 0) is 38.8 Å². The third-order valence-corrected chi connectivity index (χ3v) is 1.58. The van der Waals surface area contributed by atoms with Crippen LogP contribution in [0.3, 0.4) is 0 Å². The van der Waals surface area contributed by atoms with E-state index in [4.69, 9.17) is 5.73 Å². The van der Waals surface area contributed by atoms with Crippen LogP contribution in [0.5, 0.6) is 0 Å². The van der Waals surface area contributed by atoms with Gasteiger partial charge in [0.1, 0.15) is 0 Å². The fourth-order valence-electron chi connectivity index (χ4n) is 0.721. The minimum absolute atomic E-state index is 0.583. The molecule has 0 unspecified atom stereocenters. The van der Waals surface area contributed by atoms with Gasteiger partial charge in [0.25, 0.3) is 0 Å². The van der Waals surface area contributed by atoms with E-state index < -0.39 is 0 Å². The summed E-state index contributed by atoms with van der Waals surface area (Å²) in [6.45, 7) is 2.50. The molecule has 0 aromatic carbocycles. The van der Waals surface area contributed by atoms with E-state index in [1.54, 1.807) is 0 Å². The van der Waals surface area contributed by atoms with E-state index in [1.807, 2.05) is 0 Å². The smallest absolute Gasteiger partial charge is 0.00399 e. The average molecular weight is 128 g/mol. The Labute approximate surface area is 56.8 Å². The highest BCUT2D eigenvalue weighted by molar-refractivity contribution is 4.75. The van der Waals surface area contributed by atoms with E-state index in [0.29, 0.717) is 6.04 Å². The zero-order valence-corrected chi connectivity index (χ0v) is 5.90. The quantitative estimate of drug-likeness (QED) is 0.498. The molecule has 2 heteroatoms. The highest BCUT2D eigenvalue weighted by Gasteiger charge is 2.13. The van der Waals surface area contributed by atoms with E-state index in [9.17, 15) is 0 Å². The molecule has 0 bridgehead atoms. The lowest BCUT2D eigenvalue weighted by Gasteiger charge is -1.76. The Hall–Kier alpha value is -0.0800. The van der Waals surface area contributed by atoms with Gasteiger partial charge in [-0.2, -0.15) is 0 Å². The second-order valence-electron chi connectivity index (χ2n) is 2.79. The largest absolute Gasteiger partial charge is 0.328 e. The molecule has 3 N–H and O–H groups in total. The van der Waals surface area contributed by atoms with Gasteiger partial charge in [-0.25, -0.2) is 0 Å². The second kappa shape index (κ2) is 3.85. The van der Waals surface area contributed by atoms with Crippen LogP contribution in [0.1, 0.15) is 25.7 Å². The zero-order chi connectivity index (χ0) is 6.53. The summed E-state index contributed by atoms with van der Waals surface area (Å²) in [5.41, 5.74) is 5.22. The lowest BCUT2D eigenvalue weighted by Crippen LogP contribution is -2.03. The molecule has 0 amide bonds. The number of hydrogen-bond acceptors (Lipinski definition) is 2. The van der Waals surface area contributed by atoms with Crippen molar-refractivity contribution in [1.82, 2.24) is 5.32 Å². The number of nitrogens with one attached hydrogen (secondary N) is 1. The van der Waals surface area contributed by atoms with E-state index >= 15 is 0 Å². The van der Waals surface area contributed by atoms with Gasteiger partial charge in [0.05, 0.1) is 0 Å². The first-order chi connectivity index (χ1) is 4.39. The number of rotatable bonds is 0. The van der Waals surface area contributed by atoms with Crippen molar-refractivity contribution >= 4 is 0 Å². The molecule has 1 aliphatic heterocycles. The topological polar surface area (TPSA) is 38.0 Å². The molecule has 1 saturated heterocycles. The van der Waals surface area contributed by atoms with E-state index in [2.05, 4.69) is 5.32 Å². The fourth-order valence-corrected chi connectivity index (χ4v) is 0.721. The Morgan fingerprint density at radius 2 is 1.56 bits per heavy atom. The first-order valence-electron chi connectivity index (χ1n) is 3.86. The maximum absolute atomic E-state index is 5.22. The number of hydrogen-bond donors (Lipinski definition) is 2. The molecule has 0 spiro atoms. The first kappa shape index (κ1) is 7.03. The van der Waals surface area contributed by atoms with E-state index in [0.717, 1.165) is 0 Å². The van der Waals surface area contributed by atoms with Crippen molar-refractivity contribution in [3.05, 3.63) is 0 Å². The Balaban J connectivity index is 0.0000000922. The van der Waals surface area contributed by atoms with E-state index in [-0.39, 0.29) is 0 Å². The molecule has 1 saturated carbocycles. The Morgan fingerprint density at radius 3 is 1.67 bits per heavy atom. The van der Waals surface area contributed by atoms with Crippen LogP contribution < -0.4 is 11.1 Å². The summed E-state index contributed by atoms with van der Waals surface area (Å²) in [4.78, 5) is 0. The fraction of sp³-hybridized carbons (Fsp3) is 1.00. The van der Waals surface area contributed by atoms with Crippen LogP contribution in [-0.4, -0.2) is 19.1 Å². The van der Waals surface area contributed by atoms with E-state index in [1.165, 1.54) is 38.8 Å². The summed E-state index contributed by atoms with van der Waals surface area (Å²) in [5, 5.41) is 3.22. The SMILES string of the molecule is C1CCNC1.NC1CC1. The van der Waals surface area contributed by atoms with Crippen molar-refractivity contribution in [2.45, 2.75) is 31.7 Å². The van der Waals surface area contributed by atoms with Crippen molar-refractivity contribution in [1.29, 1.82) is 0 Å². The number of nitrogens with two attached hydrogens (primary N) is 1. The molecular weight excluding hydrogens is 112 g/mol. The highest BCUT2D eigenvalue weighted by atomic mass is 14.9. The zero-order valence-electron chi connectivity index (χ0n) is 5.90. The average Bonchev–Trinajstić information content (AvgIpc) is 2.52. The molecule has 0 radical (unpaired) electrons. The van der Waals surface area contributed by atoms with Crippen molar-refractivity contribution in [2.24, 2.45) is 5.73 Å². The van der Waals surface area contributed by atoms with Gasteiger partial charge in [0.15, 0.2) is 0 Å². The summed E-state index contributed by atoms with van der Waals surface area (Å²) in [6, 6.07) is 0.583. The van der Waals surface area contributed by atoms with Gasteiger partial charge in [0.2, 0.25) is 0 Å². The molecule has 9 heavy (non-hydrogen) atoms. The van der Waals surface area contributed by atoms with Crippen LogP contribution in [0.15, 0.2) is 0 Å². The monoisotopic (exact) mass is 128 g/mol. The maximum Gasteiger partial charge on any atom is 0.00399 e. The maximum atomic E-state index is 5.22. The minimum Gasteiger partial charge on any atom is -0.328 e. The van der Waals surface area contributed by atoms with Gasteiger partial charge in [-0.15, -0.1) is 0 Å².